The van der Waals surface area contributed by atoms with E-state index in [-0.39, 0.29) is 24.8 Å². The van der Waals surface area contributed by atoms with E-state index in [9.17, 15) is 24.6 Å². The molecule has 11 heteroatoms. The van der Waals surface area contributed by atoms with Gasteiger partial charge in [-0.2, -0.15) is 0 Å². The largest absolute Gasteiger partial charge is 0.481 e. The Balaban J connectivity index is 1.33. The highest BCUT2D eigenvalue weighted by atomic mass is 16.5. The molecule has 0 aliphatic carbocycles. The number of nitrogens with zero attached hydrogens (tertiary/aromatic N) is 3. The van der Waals surface area contributed by atoms with Crippen LogP contribution in [-0.2, 0) is 24.2 Å². The van der Waals surface area contributed by atoms with Crippen LogP contribution in [0.3, 0.4) is 0 Å². The zero-order valence-electron chi connectivity index (χ0n) is 30.2. The van der Waals surface area contributed by atoms with E-state index in [1.807, 2.05) is 118 Å². The Morgan fingerprint density at radius 3 is 2.08 bits per heavy atom. The van der Waals surface area contributed by atoms with Gasteiger partial charge in [-0.05, 0) is 47.4 Å². The van der Waals surface area contributed by atoms with E-state index in [1.165, 1.54) is 0 Å². The molecule has 2 heterocycles. The van der Waals surface area contributed by atoms with Crippen LogP contribution in [0.4, 0.5) is 9.59 Å². The summed E-state index contributed by atoms with van der Waals surface area (Å²) < 4.78 is 5.24. The van der Waals surface area contributed by atoms with Gasteiger partial charge in [0, 0.05) is 37.3 Å². The topological polar surface area (TPSA) is 144 Å². The molecule has 3 aromatic carbocycles. The third kappa shape index (κ3) is 10.1. The summed E-state index contributed by atoms with van der Waals surface area (Å²) in [7, 11) is 1.56. The van der Waals surface area contributed by atoms with Crippen LogP contribution in [0.5, 0.6) is 5.88 Å². The molecule has 4 atom stereocenters. The quantitative estimate of drug-likeness (QED) is 0.123. The van der Waals surface area contributed by atoms with Crippen molar-refractivity contribution >= 4 is 18.0 Å². The lowest BCUT2D eigenvalue weighted by Gasteiger charge is -2.38. The van der Waals surface area contributed by atoms with Crippen LogP contribution in [0.2, 0.25) is 0 Å². The number of amides is 4. The number of carboxylic acid groups (broad SMARTS) is 1. The van der Waals surface area contributed by atoms with E-state index < -0.39 is 35.7 Å². The van der Waals surface area contributed by atoms with Crippen molar-refractivity contribution in [2.45, 2.75) is 70.8 Å². The number of rotatable bonds is 15. The molecule has 4 aromatic rings. The third-order valence-corrected chi connectivity index (χ3v) is 9.33. The van der Waals surface area contributed by atoms with Crippen LogP contribution in [0.25, 0.3) is 11.3 Å². The Labute approximate surface area is 305 Å². The summed E-state index contributed by atoms with van der Waals surface area (Å²) in [6, 6.07) is 30.0. The summed E-state index contributed by atoms with van der Waals surface area (Å²) in [6.07, 6.45) is -1.72. The standard InChI is InChI=1S/C41H49N5O6/c1-41(2,3)37(46-23-22-45(40(46)51)27-30-14-9-6-10-15-30)38(48)42-32(24-28-12-7-5-8-13-28)26-35(47)34(44-39(49)50)25-29-18-20-31(21-19-29)33-16-11-17-36(43-33)52-4/h5-21,32,34-35,37,44,47H,22-27H2,1-4H3,(H,42,48)(H,49,50)/t32-,34-,35-,37+/m0/s1. The molecule has 1 saturated heterocycles. The molecule has 11 nitrogen and oxygen atoms in total. The molecule has 1 aliphatic heterocycles. The molecule has 52 heavy (non-hydrogen) atoms. The Morgan fingerprint density at radius 2 is 1.46 bits per heavy atom. The fraction of sp³-hybridized carbons (Fsp3) is 0.366. The van der Waals surface area contributed by atoms with E-state index in [0.717, 1.165) is 27.9 Å². The van der Waals surface area contributed by atoms with Crippen LogP contribution < -0.4 is 15.4 Å². The molecule has 0 radical (unpaired) electrons. The number of aromatic nitrogens is 1. The van der Waals surface area contributed by atoms with Crippen molar-refractivity contribution in [3.05, 3.63) is 120 Å². The van der Waals surface area contributed by atoms with Gasteiger partial charge in [0.05, 0.1) is 24.9 Å². The maximum atomic E-state index is 14.3. The van der Waals surface area contributed by atoms with Gasteiger partial charge in [-0.15, -0.1) is 0 Å². The molecular weight excluding hydrogens is 658 g/mol. The van der Waals surface area contributed by atoms with Crippen molar-refractivity contribution in [2.24, 2.45) is 5.41 Å². The van der Waals surface area contributed by atoms with E-state index >= 15 is 0 Å². The molecule has 1 fully saturated rings. The second kappa shape index (κ2) is 17.2. The SMILES string of the molecule is COc1cccc(-c2ccc(C[C@H](NC(=O)O)[C@@H](O)C[C@H](Cc3ccccc3)NC(=O)[C@@H](N3CCN(Cc4ccccc4)C3=O)C(C)(C)C)cc2)n1. The number of aliphatic hydroxyl groups excluding tert-OH is 1. The summed E-state index contributed by atoms with van der Waals surface area (Å²) in [6.45, 7) is 7.18. The first-order chi connectivity index (χ1) is 24.9. The van der Waals surface area contributed by atoms with E-state index in [2.05, 4.69) is 15.6 Å². The van der Waals surface area contributed by atoms with Gasteiger partial charge in [0.25, 0.3) is 0 Å². The average Bonchev–Trinajstić information content (AvgIpc) is 3.46. The predicted molar refractivity (Wildman–Crippen MR) is 200 cm³/mol. The summed E-state index contributed by atoms with van der Waals surface area (Å²) in [5.41, 5.74) is 3.78. The normalized spacial score (nSPS) is 15.4. The van der Waals surface area contributed by atoms with Crippen LogP contribution in [-0.4, -0.2) is 87.5 Å². The number of nitrogens with one attached hydrogen (secondary N) is 2. The molecule has 0 spiro atoms. The minimum atomic E-state index is -1.26. The maximum Gasteiger partial charge on any atom is 0.404 e. The average molecular weight is 708 g/mol. The summed E-state index contributed by atoms with van der Waals surface area (Å²) in [5, 5.41) is 27.0. The number of hydrogen-bond donors (Lipinski definition) is 4. The van der Waals surface area contributed by atoms with Gasteiger partial charge in [-0.25, -0.2) is 14.6 Å². The highest BCUT2D eigenvalue weighted by Crippen LogP contribution is 2.29. The van der Waals surface area contributed by atoms with Crippen molar-refractivity contribution < 1.29 is 29.3 Å². The first-order valence-electron chi connectivity index (χ1n) is 17.6. The second-order valence-corrected chi connectivity index (χ2v) is 14.4. The number of aliphatic hydroxyl groups is 1. The predicted octanol–water partition coefficient (Wildman–Crippen LogP) is 5.77. The highest BCUT2D eigenvalue weighted by molar-refractivity contribution is 5.89. The Hall–Kier alpha value is -5.42. The number of carbonyl (C=O) groups excluding carboxylic acids is 2. The van der Waals surface area contributed by atoms with Gasteiger partial charge >= 0.3 is 12.1 Å². The lowest BCUT2D eigenvalue weighted by atomic mass is 9.84. The van der Waals surface area contributed by atoms with Crippen molar-refractivity contribution in [3.63, 3.8) is 0 Å². The molecule has 4 N–H and O–H groups in total. The van der Waals surface area contributed by atoms with Gasteiger partial charge in [0.15, 0.2) is 0 Å². The minimum absolute atomic E-state index is 0.0718. The van der Waals surface area contributed by atoms with E-state index in [1.54, 1.807) is 23.0 Å². The van der Waals surface area contributed by atoms with Crippen LogP contribution >= 0.6 is 0 Å². The molecule has 0 unspecified atom stereocenters. The number of ether oxygens (including phenoxy) is 1. The van der Waals surface area contributed by atoms with Gasteiger partial charge in [0.2, 0.25) is 11.8 Å². The smallest absolute Gasteiger partial charge is 0.404 e. The monoisotopic (exact) mass is 707 g/mol. The van der Waals surface area contributed by atoms with Crippen molar-refractivity contribution in [1.29, 1.82) is 0 Å². The first-order valence-corrected chi connectivity index (χ1v) is 17.6. The van der Waals surface area contributed by atoms with Crippen molar-refractivity contribution in [3.8, 4) is 17.1 Å². The summed E-state index contributed by atoms with van der Waals surface area (Å²) in [5.74, 6) is 0.179. The molecule has 5 rings (SSSR count). The van der Waals surface area contributed by atoms with Crippen molar-refractivity contribution in [1.82, 2.24) is 25.4 Å². The van der Waals surface area contributed by atoms with Crippen LogP contribution in [0.1, 0.15) is 43.9 Å². The fourth-order valence-corrected chi connectivity index (χ4v) is 6.82. The summed E-state index contributed by atoms with van der Waals surface area (Å²) >= 11 is 0. The number of urea groups is 1. The van der Waals surface area contributed by atoms with Crippen LogP contribution in [0, 0.1) is 5.41 Å². The number of hydrogen-bond acceptors (Lipinski definition) is 6. The lowest BCUT2D eigenvalue weighted by molar-refractivity contribution is -0.129. The number of pyridine rings is 1. The zero-order chi connectivity index (χ0) is 37.3. The number of carbonyl (C=O) groups is 3. The molecule has 1 aliphatic rings. The highest BCUT2D eigenvalue weighted by Gasteiger charge is 2.44. The van der Waals surface area contributed by atoms with Gasteiger partial charge in [0.1, 0.15) is 6.04 Å². The molecule has 274 valence electrons. The van der Waals surface area contributed by atoms with Crippen LogP contribution in [0.15, 0.2) is 103 Å². The number of methoxy groups -OCH3 is 1. The maximum absolute atomic E-state index is 14.3. The molecule has 0 saturated carbocycles. The molecule has 1 aromatic heterocycles. The molecular formula is C41H49N5O6. The first kappa shape index (κ1) is 37.8. The summed E-state index contributed by atoms with van der Waals surface area (Å²) in [4.78, 5) is 47.8. The minimum Gasteiger partial charge on any atom is -0.481 e. The Bertz CT molecular complexity index is 1780. The van der Waals surface area contributed by atoms with E-state index in [4.69, 9.17) is 4.74 Å². The molecule has 4 amide bonds. The number of benzene rings is 3. The van der Waals surface area contributed by atoms with Gasteiger partial charge in [-0.1, -0.05) is 112 Å². The zero-order valence-corrected chi connectivity index (χ0v) is 30.2. The third-order valence-electron chi connectivity index (χ3n) is 9.33. The van der Waals surface area contributed by atoms with E-state index in [0.29, 0.717) is 31.9 Å². The lowest BCUT2D eigenvalue weighted by Crippen LogP contribution is -2.57. The second-order valence-electron chi connectivity index (χ2n) is 14.4. The Morgan fingerprint density at radius 1 is 0.827 bits per heavy atom. The fourth-order valence-electron chi connectivity index (χ4n) is 6.82. The van der Waals surface area contributed by atoms with Gasteiger partial charge < -0.3 is 35.4 Å². The van der Waals surface area contributed by atoms with Gasteiger partial charge in [-0.3, -0.25) is 4.79 Å². The molecule has 0 bridgehead atoms. The Kier molecular flexibility index (Phi) is 12.5. The van der Waals surface area contributed by atoms with Crippen molar-refractivity contribution in [2.75, 3.05) is 20.2 Å².